The van der Waals surface area contributed by atoms with Gasteiger partial charge in [-0.1, -0.05) is 17.7 Å². The fourth-order valence-corrected chi connectivity index (χ4v) is 2.40. The summed E-state index contributed by atoms with van der Waals surface area (Å²) in [4.78, 5) is 13.6. The van der Waals surface area contributed by atoms with Crippen molar-refractivity contribution in [3.63, 3.8) is 0 Å². The van der Waals surface area contributed by atoms with Crippen LogP contribution in [0, 0.1) is 12.3 Å². The number of carbonyl (C=O) groups is 1. The Balaban J connectivity index is 2.13. The normalized spacial score (nSPS) is 23.0. The topological polar surface area (TPSA) is 29.5 Å². The average molecular weight is 247 g/mol. The number of nitrogens with zero attached hydrogens (tertiary/aromatic N) is 1. The van der Waals surface area contributed by atoms with Gasteiger partial charge < -0.3 is 14.4 Å². The van der Waals surface area contributed by atoms with Crippen molar-refractivity contribution in [2.75, 3.05) is 31.2 Å². The molecule has 3 heteroatoms. The van der Waals surface area contributed by atoms with E-state index in [1.165, 1.54) is 11.3 Å². The third-order valence-electron chi connectivity index (χ3n) is 3.67. The predicted octanol–water partition coefficient (Wildman–Crippen LogP) is 2.43. The molecule has 0 bridgehead atoms. The first-order valence-corrected chi connectivity index (χ1v) is 6.55. The van der Waals surface area contributed by atoms with Gasteiger partial charge in [-0.05, 0) is 32.4 Å². The first-order chi connectivity index (χ1) is 8.69. The molecule has 1 fully saturated rings. The summed E-state index contributed by atoms with van der Waals surface area (Å²) in [5.74, 6) is 0. The van der Waals surface area contributed by atoms with Crippen LogP contribution in [0.5, 0.6) is 0 Å². The van der Waals surface area contributed by atoms with Crippen molar-refractivity contribution in [2.24, 2.45) is 5.41 Å². The van der Waals surface area contributed by atoms with Crippen LogP contribution in [0.3, 0.4) is 0 Å². The molecular weight excluding hydrogens is 226 g/mol. The Bertz CT molecular complexity index is 393. The Labute approximate surface area is 109 Å². The number of carbonyl (C=O) groups excluding carboxylic acids is 1. The van der Waals surface area contributed by atoms with Gasteiger partial charge in [0.2, 0.25) is 0 Å². The van der Waals surface area contributed by atoms with Gasteiger partial charge in [0.15, 0.2) is 0 Å². The van der Waals surface area contributed by atoms with Gasteiger partial charge in [0.05, 0.1) is 12.0 Å². The minimum Gasteiger partial charge on any atom is -0.380 e. The van der Waals surface area contributed by atoms with Crippen molar-refractivity contribution in [1.29, 1.82) is 0 Å². The molecule has 18 heavy (non-hydrogen) atoms. The summed E-state index contributed by atoms with van der Waals surface area (Å²) < 4.78 is 5.39. The van der Waals surface area contributed by atoms with Gasteiger partial charge in [-0.2, -0.15) is 0 Å². The molecule has 2 rings (SSSR count). The summed E-state index contributed by atoms with van der Waals surface area (Å²) in [6.07, 6.45) is 1.91. The standard InChI is InChI=1S/C15H21NO2/c1-3-16(14-6-4-13(2)5-7-14)10-15(11-17)8-9-18-12-15/h4-7,11H,3,8-10,12H2,1-2H3. The van der Waals surface area contributed by atoms with Crippen LogP contribution in [-0.2, 0) is 9.53 Å². The number of benzene rings is 1. The smallest absolute Gasteiger partial charge is 0.130 e. The van der Waals surface area contributed by atoms with Crippen LogP contribution in [0.25, 0.3) is 0 Å². The SMILES string of the molecule is CCN(CC1(C=O)CCOC1)c1ccc(C)cc1. The highest BCUT2D eigenvalue weighted by Crippen LogP contribution is 2.29. The van der Waals surface area contributed by atoms with E-state index < -0.39 is 0 Å². The summed E-state index contributed by atoms with van der Waals surface area (Å²) in [6, 6.07) is 8.45. The van der Waals surface area contributed by atoms with Crippen LogP contribution < -0.4 is 4.90 Å². The molecule has 0 N–H and O–H groups in total. The predicted molar refractivity (Wildman–Crippen MR) is 73.0 cm³/mol. The van der Waals surface area contributed by atoms with E-state index in [9.17, 15) is 4.79 Å². The number of rotatable bonds is 5. The lowest BCUT2D eigenvalue weighted by molar-refractivity contribution is -0.115. The summed E-state index contributed by atoms with van der Waals surface area (Å²) in [7, 11) is 0. The molecule has 98 valence electrons. The zero-order valence-electron chi connectivity index (χ0n) is 11.2. The summed E-state index contributed by atoms with van der Waals surface area (Å²) in [5.41, 5.74) is 2.11. The number of ether oxygens (including phenoxy) is 1. The van der Waals surface area contributed by atoms with Crippen molar-refractivity contribution in [1.82, 2.24) is 0 Å². The minimum atomic E-state index is -0.319. The van der Waals surface area contributed by atoms with Crippen molar-refractivity contribution in [3.8, 4) is 0 Å². The van der Waals surface area contributed by atoms with Crippen molar-refractivity contribution >= 4 is 12.0 Å². The second kappa shape index (κ2) is 5.53. The summed E-state index contributed by atoms with van der Waals surface area (Å²) >= 11 is 0. The van der Waals surface area contributed by atoms with Crippen LogP contribution >= 0.6 is 0 Å². The molecule has 0 spiro atoms. The Morgan fingerprint density at radius 3 is 2.61 bits per heavy atom. The molecule has 1 heterocycles. The number of aldehydes is 1. The van der Waals surface area contributed by atoms with Crippen LogP contribution in [0.2, 0.25) is 0 Å². The number of aryl methyl sites for hydroxylation is 1. The van der Waals surface area contributed by atoms with E-state index >= 15 is 0 Å². The molecule has 0 saturated carbocycles. The molecule has 1 aromatic carbocycles. The summed E-state index contributed by atoms with van der Waals surface area (Å²) in [6.45, 7) is 7.10. The van der Waals surface area contributed by atoms with Crippen molar-refractivity contribution in [3.05, 3.63) is 29.8 Å². The largest absolute Gasteiger partial charge is 0.380 e. The van der Waals surface area contributed by atoms with E-state index in [1.807, 2.05) is 0 Å². The lowest BCUT2D eigenvalue weighted by atomic mass is 9.88. The first kappa shape index (κ1) is 13.1. The molecule has 1 aliphatic heterocycles. The van der Waals surface area contributed by atoms with Gasteiger partial charge in [0.1, 0.15) is 6.29 Å². The lowest BCUT2D eigenvalue weighted by Crippen LogP contribution is -2.39. The van der Waals surface area contributed by atoms with E-state index in [-0.39, 0.29) is 5.41 Å². The maximum absolute atomic E-state index is 11.4. The fraction of sp³-hybridized carbons (Fsp3) is 0.533. The molecule has 1 unspecified atom stereocenters. The summed E-state index contributed by atoms with van der Waals surface area (Å²) in [5, 5.41) is 0. The van der Waals surface area contributed by atoms with Gasteiger partial charge in [-0.25, -0.2) is 0 Å². The molecule has 0 radical (unpaired) electrons. The van der Waals surface area contributed by atoms with E-state index in [0.717, 1.165) is 25.8 Å². The highest BCUT2D eigenvalue weighted by molar-refractivity contribution is 5.62. The van der Waals surface area contributed by atoms with E-state index in [1.54, 1.807) is 0 Å². The van der Waals surface area contributed by atoms with E-state index in [2.05, 4.69) is 43.0 Å². The van der Waals surface area contributed by atoms with Crippen LogP contribution in [0.4, 0.5) is 5.69 Å². The Hall–Kier alpha value is -1.35. The lowest BCUT2D eigenvalue weighted by Gasteiger charge is -2.31. The minimum absolute atomic E-state index is 0.319. The van der Waals surface area contributed by atoms with Gasteiger partial charge in [0.25, 0.3) is 0 Å². The zero-order valence-corrected chi connectivity index (χ0v) is 11.2. The van der Waals surface area contributed by atoms with Crippen LogP contribution in [0.15, 0.2) is 24.3 Å². The molecule has 0 aromatic heterocycles. The first-order valence-electron chi connectivity index (χ1n) is 6.55. The monoisotopic (exact) mass is 247 g/mol. The van der Waals surface area contributed by atoms with Gasteiger partial charge in [-0.15, -0.1) is 0 Å². The maximum Gasteiger partial charge on any atom is 0.130 e. The number of hydrogen-bond acceptors (Lipinski definition) is 3. The maximum atomic E-state index is 11.4. The zero-order chi connectivity index (χ0) is 13.0. The molecular formula is C15H21NO2. The Morgan fingerprint density at radius 2 is 2.11 bits per heavy atom. The Morgan fingerprint density at radius 1 is 1.39 bits per heavy atom. The molecule has 1 aliphatic rings. The second-order valence-electron chi connectivity index (χ2n) is 5.13. The Kier molecular flexibility index (Phi) is 4.02. The molecule has 1 aromatic rings. The van der Waals surface area contributed by atoms with Crippen molar-refractivity contribution in [2.45, 2.75) is 20.3 Å². The highest BCUT2D eigenvalue weighted by atomic mass is 16.5. The molecule has 1 saturated heterocycles. The third kappa shape index (κ3) is 2.72. The van der Waals surface area contributed by atoms with Crippen molar-refractivity contribution < 1.29 is 9.53 Å². The second-order valence-corrected chi connectivity index (χ2v) is 5.13. The van der Waals surface area contributed by atoms with Crippen LogP contribution in [0.1, 0.15) is 18.9 Å². The molecule has 0 aliphatic carbocycles. The number of hydrogen-bond donors (Lipinski definition) is 0. The third-order valence-corrected chi connectivity index (χ3v) is 3.67. The van der Waals surface area contributed by atoms with Gasteiger partial charge in [-0.3, -0.25) is 0 Å². The van der Waals surface area contributed by atoms with Gasteiger partial charge >= 0.3 is 0 Å². The molecule has 0 amide bonds. The number of anilines is 1. The van der Waals surface area contributed by atoms with E-state index in [0.29, 0.717) is 13.2 Å². The van der Waals surface area contributed by atoms with Crippen LogP contribution in [-0.4, -0.2) is 32.6 Å². The van der Waals surface area contributed by atoms with E-state index in [4.69, 9.17) is 4.74 Å². The quantitative estimate of drug-likeness (QED) is 0.748. The fourth-order valence-electron chi connectivity index (χ4n) is 2.40. The molecule has 3 nitrogen and oxygen atoms in total. The average Bonchev–Trinajstić information content (AvgIpc) is 2.86. The highest BCUT2D eigenvalue weighted by Gasteiger charge is 2.36. The molecule has 1 atom stereocenters. The van der Waals surface area contributed by atoms with Gasteiger partial charge in [0, 0.05) is 25.4 Å².